The van der Waals surface area contributed by atoms with Crippen LogP contribution in [0.4, 0.5) is 0 Å². The average molecular weight is 153 g/mol. The minimum Gasteiger partial charge on any atom is -0.327 e. The van der Waals surface area contributed by atoms with Crippen LogP contribution in [0.2, 0.25) is 0 Å². The van der Waals surface area contributed by atoms with Crippen molar-refractivity contribution in [1.82, 2.24) is 0 Å². The van der Waals surface area contributed by atoms with Crippen molar-refractivity contribution in [2.24, 2.45) is 17.6 Å². The van der Waals surface area contributed by atoms with E-state index in [4.69, 9.17) is 5.73 Å². The van der Waals surface area contributed by atoms with Crippen LogP contribution in [0.25, 0.3) is 0 Å². The lowest BCUT2D eigenvalue weighted by Gasteiger charge is -2.23. The Kier molecular flexibility index (Phi) is 3.64. The third kappa shape index (κ3) is 3.06. The minimum absolute atomic E-state index is 0.699. The zero-order valence-corrected chi connectivity index (χ0v) is 7.42. The van der Waals surface area contributed by atoms with Crippen molar-refractivity contribution in [3.05, 3.63) is 12.2 Å². The largest absolute Gasteiger partial charge is 0.327 e. The zero-order valence-electron chi connectivity index (χ0n) is 7.42. The molecule has 1 fully saturated rings. The Bertz CT molecular complexity index is 129. The standard InChI is InChI=1S/C10H19N/c1-9-4-2-5-10(8-9)6-3-7-11/h3,6,9-10H,2,4-5,7-8,11H2,1H3. The van der Waals surface area contributed by atoms with Crippen LogP contribution in [-0.2, 0) is 0 Å². The highest BCUT2D eigenvalue weighted by atomic mass is 14.5. The van der Waals surface area contributed by atoms with Gasteiger partial charge in [0.15, 0.2) is 0 Å². The molecule has 0 amide bonds. The molecular weight excluding hydrogens is 134 g/mol. The smallest absolute Gasteiger partial charge is 0.0106 e. The summed E-state index contributed by atoms with van der Waals surface area (Å²) in [6, 6.07) is 0. The van der Waals surface area contributed by atoms with Crippen LogP contribution in [0.3, 0.4) is 0 Å². The van der Waals surface area contributed by atoms with Crippen LogP contribution < -0.4 is 5.73 Å². The number of rotatable bonds is 2. The van der Waals surface area contributed by atoms with Crippen LogP contribution in [0, 0.1) is 11.8 Å². The van der Waals surface area contributed by atoms with Gasteiger partial charge in [-0.15, -0.1) is 0 Å². The molecule has 0 aromatic rings. The molecule has 1 aliphatic carbocycles. The molecule has 0 aliphatic heterocycles. The van der Waals surface area contributed by atoms with E-state index in [1.54, 1.807) is 0 Å². The lowest BCUT2D eigenvalue weighted by Crippen LogP contribution is -2.11. The molecule has 0 aromatic carbocycles. The SMILES string of the molecule is CC1CCCC(C=CCN)C1. The number of hydrogen-bond acceptors (Lipinski definition) is 1. The van der Waals surface area contributed by atoms with E-state index in [9.17, 15) is 0 Å². The zero-order chi connectivity index (χ0) is 8.10. The summed E-state index contributed by atoms with van der Waals surface area (Å²) in [5.41, 5.74) is 5.39. The van der Waals surface area contributed by atoms with Crippen molar-refractivity contribution in [2.45, 2.75) is 32.6 Å². The summed E-state index contributed by atoms with van der Waals surface area (Å²) in [6.07, 6.45) is 9.98. The van der Waals surface area contributed by atoms with Crippen molar-refractivity contribution < 1.29 is 0 Å². The molecule has 0 saturated heterocycles. The van der Waals surface area contributed by atoms with Crippen LogP contribution in [0.15, 0.2) is 12.2 Å². The molecule has 1 saturated carbocycles. The predicted octanol–water partition coefficient (Wildman–Crippen LogP) is 2.33. The molecule has 1 aliphatic rings. The second kappa shape index (κ2) is 4.55. The molecule has 0 bridgehead atoms. The summed E-state index contributed by atoms with van der Waals surface area (Å²) in [4.78, 5) is 0. The van der Waals surface area contributed by atoms with Gasteiger partial charge in [-0.25, -0.2) is 0 Å². The summed E-state index contributed by atoms with van der Waals surface area (Å²) >= 11 is 0. The van der Waals surface area contributed by atoms with E-state index in [1.807, 2.05) is 0 Å². The molecule has 2 unspecified atom stereocenters. The number of hydrogen-bond donors (Lipinski definition) is 1. The van der Waals surface area contributed by atoms with Gasteiger partial charge >= 0.3 is 0 Å². The van der Waals surface area contributed by atoms with Crippen LogP contribution in [-0.4, -0.2) is 6.54 Å². The van der Waals surface area contributed by atoms with Gasteiger partial charge in [0, 0.05) is 6.54 Å². The van der Waals surface area contributed by atoms with Gasteiger partial charge in [0.05, 0.1) is 0 Å². The fraction of sp³-hybridized carbons (Fsp3) is 0.800. The maximum Gasteiger partial charge on any atom is 0.0106 e. The maximum absolute atomic E-state index is 5.39. The van der Waals surface area contributed by atoms with E-state index in [0.29, 0.717) is 6.54 Å². The summed E-state index contributed by atoms with van der Waals surface area (Å²) in [5, 5.41) is 0. The second-order valence-electron chi connectivity index (χ2n) is 3.70. The highest BCUT2D eigenvalue weighted by molar-refractivity contribution is 4.91. The van der Waals surface area contributed by atoms with Crippen molar-refractivity contribution >= 4 is 0 Å². The molecule has 1 rings (SSSR count). The molecule has 11 heavy (non-hydrogen) atoms. The van der Waals surface area contributed by atoms with Gasteiger partial charge in [-0.2, -0.15) is 0 Å². The van der Waals surface area contributed by atoms with Crippen molar-refractivity contribution in [3.8, 4) is 0 Å². The highest BCUT2D eigenvalue weighted by Gasteiger charge is 2.15. The van der Waals surface area contributed by atoms with Gasteiger partial charge in [-0.1, -0.05) is 31.9 Å². The summed E-state index contributed by atoms with van der Waals surface area (Å²) in [5.74, 6) is 1.75. The Morgan fingerprint density at radius 2 is 2.27 bits per heavy atom. The lowest BCUT2D eigenvalue weighted by atomic mass is 9.82. The first kappa shape index (κ1) is 8.79. The van der Waals surface area contributed by atoms with Gasteiger partial charge in [-0.3, -0.25) is 0 Å². The molecule has 2 atom stereocenters. The predicted molar refractivity (Wildman–Crippen MR) is 49.3 cm³/mol. The summed E-state index contributed by atoms with van der Waals surface area (Å²) in [6.45, 7) is 3.05. The molecule has 1 heteroatoms. The summed E-state index contributed by atoms with van der Waals surface area (Å²) in [7, 11) is 0. The Morgan fingerprint density at radius 3 is 2.91 bits per heavy atom. The Hall–Kier alpha value is -0.300. The van der Waals surface area contributed by atoms with Crippen LogP contribution in [0.5, 0.6) is 0 Å². The van der Waals surface area contributed by atoms with Gasteiger partial charge in [0.2, 0.25) is 0 Å². The third-order valence-corrected chi connectivity index (χ3v) is 2.52. The average Bonchev–Trinajstić information content (AvgIpc) is 2.01. The quantitative estimate of drug-likeness (QED) is 0.605. The number of allylic oxidation sites excluding steroid dienone is 1. The lowest BCUT2D eigenvalue weighted by molar-refractivity contribution is 0.325. The Balaban J connectivity index is 2.28. The first-order valence-corrected chi connectivity index (χ1v) is 4.69. The highest BCUT2D eigenvalue weighted by Crippen LogP contribution is 2.28. The minimum atomic E-state index is 0.699. The van der Waals surface area contributed by atoms with Crippen molar-refractivity contribution in [1.29, 1.82) is 0 Å². The van der Waals surface area contributed by atoms with Crippen LogP contribution in [0.1, 0.15) is 32.6 Å². The fourth-order valence-corrected chi connectivity index (χ4v) is 1.93. The normalized spacial score (nSPS) is 32.9. The first-order valence-electron chi connectivity index (χ1n) is 4.69. The molecule has 64 valence electrons. The topological polar surface area (TPSA) is 26.0 Å². The van der Waals surface area contributed by atoms with E-state index in [-0.39, 0.29) is 0 Å². The maximum atomic E-state index is 5.39. The van der Waals surface area contributed by atoms with Crippen LogP contribution >= 0.6 is 0 Å². The Labute approximate surface area is 69.7 Å². The van der Waals surface area contributed by atoms with E-state index >= 15 is 0 Å². The number of nitrogens with two attached hydrogens (primary N) is 1. The second-order valence-corrected chi connectivity index (χ2v) is 3.70. The molecular formula is C10H19N. The molecule has 1 nitrogen and oxygen atoms in total. The molecule has 0 heterocycles. The van der Waals surface area contributed by atoms with E-state index < -0.39 is 0 Å². The van der Waals surface area contributed by atoms with E-state index in [1.165, 1.54) is 25.7 Å². The third-order valence-electron chi connectivity index (χ3n) is 2.52. The van der Waals surface area contributed by atoms with E-state index in [2.05, 4.69) is 19.1 Å². The monoisotopic (exact) mass is 153 g/mol. The van der Waals surface area contributed by atoms with Gasteiger partial charge in [0.1, 0.15) is 0 Å². The van der Waals surface area contributed by atoms with Crippen molar-refractivity contribution in [2.75, 3.05) is 6.54 Å². The molecule has 0 spiro atoms. The fourth-order valence-electron chi connectivity index (χ4n) is 1.93. The molecule has 0 radical (unpaired) electrons. The molecule has 0 aromatic heterocycles. The van der Waals surface area contributed by atoms with Gasteiger partial charge in [-0.05, 0) is 24.7 Å². The first-order chi connectivity index (χ1) is 5.33. The molecule has 2 N–H and O–H groups in total. The Morgan fingerprint density at radius 1 is 1.45 bits per heavy atom. The van der Waals surface area contributed by atoms with E-state index in [0.717, 1.165) is 11.8 Å². The van der Waals surface area contributed by atoms with Gasteiger partial charge in [0.25, 0.3) is 0 Å². The van der Waals surface area contributed by atoms with Gasteiger partial charge < -0.3 is 5.73 Å². The summed E-state index contributed by atoms with van der Waals surface area (Å²) < 4.78 is 0. The van der Waals surface area contributed by atoms with Crippen molar-refractivity contribution in [3.63, 3.8) is 0 Å².